The van der Waals surface area contributed by atoms with E-state index in [0.29, 0.717) is 12.2 Å². The van der Waals surface area contributed by atoms with Gasteiger partial charge >= 0.3 is 0 Å². The van der Waals surface area contributed by atoms with Crippen LogP contribution in [0.25, 0.3) is 0 Å². The predicted octanol–water partition coefficient (Wildman–Crippen LogP) is 2.59. The average molecular weight is 307 g/mol. The van der Waals surface area contributed by atoms with Crippen molar-refractivity contribution in [1.82, 2.24) is 4.72 Å². The molecule has 0 saturated carbocycles. The van der Waals surface area contributed by atoms with E-state index < -0.39 is 10.0 Å². The van der Waals surface area contributed by atoms with Crippen LogP contribution < -0.4 is 4.72 Å². The van der Waals surface area contributed by atoms with Gasteiger partial charge in [0.2, 0.25) is 10.0 Å². The van der Waals surface area contributed by atoms with Crippen molar-refractivity contribution in [2.24, 2.45) is 0 Å². The lowest BCUT2D eigenvalue weighted by Gasteiger charge is -2.08. The van der Waals surface area contributed by atoms with E-state index in [2.05, 4.69) is 17.9 Å². The summed E-state index contributed by atoms with van der Waals surface area (Å²) in [4.78, 5) is 0.248. The zero-order chi connectivity index (χ0) is 15.9. The van der Waals surface area contributed by atoms with Gasteiger partial charge in [-0.05, 0) is 30.2 Å². The normalized spacial score (nSPS) is 12.2. The summed E-state index contributed by atoms with van der Waals surface area (Å²) in [7, 11) is -1.94. The van der Waals surface area contributed by atoms with Crippen LogP contribution in [0.2, 0.25) is 0 Å². The van der Waals surface area contributed by atoms with Crippen LogP contribution in [-0.2, 0) is 14.8 Å². The van der Waals surface area contributed by atoms with E-state index in [1.165, 1.54) is 0 Å². The molecular formula is C16H21NO3S. The Morgan fingerprint density at radius 2 is 1.95 bits per heavy atom. The molecule has 0 saturated heterocycles. The SMILES string of the molecule is C=CC(=C)/C(=C\CNS(=O)(=O)c1ccc(C)cc1)COC. The minimum atomic E-state index is -3.51. The highest BCUT2D eigenvalue weighted by Crippen LogP contribution is 2.11. The lowest BCUT2D eigenvalue weighted by molar-refractivity contribution is 0.227. The van der Waals surface area contributed by atoms with E-state index in [4.69, 9.17) is 4.74 Å². The van der Waals surface area contributed by atoms with Gasteiger partial charge in [0.15, 0.2) is 0 Å². The van der Waals surface area contributed by atoms with Gasteiger partial charge in [0.05, 0.1) is 11.5 Å². The highest BCUT2D eigenvalue weighted by molar-refractivity contribution is 7.89. The van der Waals surface area contributed by atoms with E-state index in [-0.39, 0.29) is 11.4 Å². The molecule has 1 aromatic carbocycles. The molecule has 0 unspecified atom stereocenters. The zero-order valence-corrected chi connectivity index (χ0v) is 13.2. The summed E-state index contributed by atoms with van der Waals surface area (Å²) < 4.78 is 31.8. The van der Waals surface area contributed by atoms with Crippen LogP contribution >= 0.6 is 0 Å². The monoisotopic (exact) mass is 307 g/mol. The molecule has 0 aliphatic carbocycles. The fourth-order valence-electron chi connectivity index (χ4n) is 1.64. The quantitative estimate of drug-likeness (QED) is 0.751. The molecule has 21 heavy (non-hydrogen) atoms. The molecule has 0 atom stereocenters. The van der Waals surface area contributed by atoms with Crippen LogP contribution in [0.4, 0.5) is 0 Å². The fraction of sp³-hybridized carbons (Fsp3) is 0.250. The molecule has 5 heteroatoms. The van der Waals surface area contributed by atoms with Gasteiger partial charge < -0.3 is 4.74 Å². The van der Waals surface area contributed by atoms with Crippen molar-refractivity contribution in [3.05, 3.63) is 66.3 Å². The van der Waals surface area contributed by atoms with E-state index in [9.17, 15) is 8.42 Å². The molecule has 1 N–H and O–H groups in total. The minimum absolute atomic E-state index is 0.168. The van der Waals surface area contributed by atoms with Crippen molar-refractivity contribution in [3.8, 4) is 0 Å². The number of hydrogen-bond acceptors (Lipinski definition) is 3. The molecule has 0 fully saturated rings. The molecule has 0 amide bonds. The molecule has 0 spiro atoms. The highest BCUT2D eigenvalue weighted by Gasteiger charge is 2.12. The molecule has 0 aliphatic heterocycles. The molecule has 114 valence electrons. The van der Waals surface area contributed by atoms with E-state index in [1.54, 1.807) is 43.5 Å². The topological polar surface area (TPSA) is 55.4 Å². The number of rotatable bonds is 8. The van der Waals surface area contributed by atoms with Gasteiger partial charge in [0.1, 0.15) is 0 Å². The Balaban J connectivity index is 2.78. The number of sulfonamides is 1. The standard InChI is InChI=1S/C16H21NO3S/c1-5-14(3)15(12-20-4)10-11-17-21(18,19)16-8-6-13(2)7-9-16/h5-10,17H,1,3,11-12H2,2,4H3/b15-10-. The van der Waals surface area contributed by atoms with Gasteiger partial charge in [0.25, 0.3) is 0 Å². The Morgan fingerprint density at radius 1 is 1.33 bits per heavy atom. The van der Waals surface area contributed by atoms with Crippen LogP contribution in [0.15, 0.2) is 65.6 Å². The Morgan fingerprint density at radius 3 is 2.48 bits per heavy atom. The maximum absolute atomic E-state index is 12.1. The first-order chi connectivity index (χ1) is 9.90. The summed E-state index contributed by atoms with van der Waals surface area (Å²) in [5.74, 6) is 0. The van der Waals surface area contributed by atoms with Gasteiger partial charge in [-0.2, -0.15) is 0 Å². The number of benzene rings is 1. The molecule has 4 nitrogen and oxygen atoms in total. The van der Waals surface area contributed by atoms with Crippen molar-refractivity contribution in [2.75, 3.05) is 20.3 Å². The van der Waals surface area contributed by atoms with Crippen LogP contribution in [0.1, 0.15) is 5.56 Å². The molecule has 0 aliphatic rings. The first-order valence-corrected chi connectivity index (χ1v) is 7.95. The number of aryl methyl sites for hydroxylation is 1. The Kier molecular flexibility index (Phi) is 6.55. The van der Waals surface area contributed by atoms with Crippen LogP contribution in [0, 0.1) is 6.92 Å². The summed E-state index contributed by atoms with van der Waals surface area (Å²) in [5.41, 5.74) is 2.53. The molecule has 0 aromatic heterocycles. The van der Waals surface area contributed by atoms with Crippen LogP contribution in [-0.4, -0.2) is 28.7 Å². The third-order valence-corrected chi connectivity index (χ3v) is 4.35. The van der Waals surface area contributed by atoms with Gasteiger partial charge in [-0.15, -0.1) is 0 Å². The van der Waals surface area contributed by atoms with Crippen molar-refractivity contribution < 1.29 is 13.2 Å². The third-order valence-electron chi connectivity index (χ3n) is 2.91. The second kappa shape index (κ2) is 7.93. The number of nitrogens with one attached hydrogen (secondary N) is 1. The summed E-state index contributed by atoms with van der Waals surface area (Å²) in [5, 5.41) is 0. The molecule has 0 bridgehead atoms. The predicted molar refractivity (Wildman–Crippen MR) is 85.7 cm³/mol. The number of ether oxygens (including phenoxy) is 1. The van der Waals surface area contributed by atoms with E-state index in [1.807, 2.05) is 6.92 Å². The van der Waals surface area contributed by atoms with Gasteiger partial charge in [0, 0.05) is 13.7 Å². The van der Waals surface area contributed by atoms with Gasteiger partial charge in [-0.1, -0.05) is 43.0 Å². The van der Waals surface area contributed by atoms with Crippen molar-refractivity contribution >= 4 is 10.0 Å². The second-order valence-electron chi connectivity index (χ2n) is 4.56. The van der Waals surface area contributed by atoms with E-state index >= 15 is 0 Å². The first kappa shape index (κ1) is 17.4. The van der Waals surface area contributed by atoms with E-state index in [0.717, 1.165) is 11.1 Å². The van der Waals surface area contributed by atoms with Crippen molar-refractivity contribution in [3.63, 3.8) is 0 Å². The zero-order valence-electron chi connectivity index (χ0n) is 12.4. The van der Waals surface area contributed by atoms with Gasteiger partial charge in [-0.25, -0.2) is 13.1 Å². The molecule has 0 radical (unpaired) electrons. The summed E-state index contributed by atoms with van der Waals surface area (Å²) in [6.45, 7) is 9.91. The third kappa shape index (κ3) is 5.30. The Labute approximate surface area is 126 Å². The highest BCUT2D eigenvalue weighted by atomic mass is 32.2. The lowest BCUT2D eigenvalue weighted by Crippen LogP contribution is -2.24. The summed E-state index contributed by atoms with van der Waals surface area (Å²) in [6.07, 6.45) is 3.35. The number of allylic oxidation sites excluding steroid dienone is 1. The Hall–Kier alpha value is -1.69. The first-order valence-electron chi connectivity index (χ1n) is 6.46. The van der Waals surface area contributed by atoms with Crippen LogP contribution in [0.5, 0.6) is 0 Å². The second-order valence-corrected chi connectivity index (χ2v) is 6.32. The number of methoxy groups -OCH3 is 1. The fourth-order valence-corrected chi connectivity index (χ4v) is 2.61. The summed E-state index contributed by atoms with van der Waals surface area (Å²) >= 11 is 0. The molecular weight excluding hydrogens is 286 g/mol. The smallest absolute Gasteiger partial charge is 0.240 e. The largest absolute Gasteiger partial charge is 0.380 e. The van der Waals surface area contributed by atoms with Crippen molar-refractivity contribution in [1.29, 1.82) is 0 Å². The maximum atomic E-state index is 12.1. The summed E-state index contributed by atoms with van der Waals surface area (Å²) in [6, 6.07) is 6.70. The van der Waals surface area contributed by atoms with Crippen molar-refractivity contribution in [2.45, 2.75) is 11.8 Å². The molecule has 0 heterocycles. The number of hydrogen-bond donors (Lipinski definition) is 1. The Bertz CT molecular complexity index is 628. The maximum Gasteiger partial charge on any atom is 0.240 e. The average Bonchev–Trinajstić information content (AvgIpc) is 2.46. The van der Waals surface area contributed by atoms with Crippen LogP contribution in [0.3, 0.4) is 0 Å². The minimum Gasteiger partial charge on any atom is -0.380 e. The lowest BCUT2D eigenvalue weighted by atomic mass is 10.1. The molecule has 1 rings (SSSR count). The van der Waals surface area contributed by atoms with Gasteiger partial charge in [-0.3, -0.25) is 0 Å². The molecule has 1 aromatic rings.